The molecule has 3 aromatic heterocycles. The molecule has 0 bridgehead atoms. The lowest BCUT2D eigenvalue weighted by Gasteiger charge is -2.28. The number of hydrogen-bond donors (Lipinski definition) is 1. The molecule has 1 aromatic carbocycles. The molecule has 35 heavy (non-hydrogen) atoms. The molecule has 178 valence electrons. The fraction of sp³-hybridized carbons (Fsp3) is 0.276. The zero-order valence-electron chi connectivity index (χ0n) is 20.7. The van der Waals surface area contributed by atoms with E-state index in [4.69, 9.17) is 17.2 Å². The largest absolute Gasteiger partial charge is 0.352 e. The van der Waals surface area contributed by atoms with Crippen molar-refractivity contribution in [2.24, 2.45) is 0 Å². The minimum Gasteiger partial charge on any atom is -0.352 e. The monoisotopic (exact) mass is 481 g/mol. The Morgan fingerprint density at radius 2 is 1.71 bits per heavy atom. The van der Waals surface area contributed by atoms with Crippen LogP contribution in [0.1, 0.15) is 58.5 Å². The molecule has 0 aliphatic carbocycles. The number of nitrogens with zero attached hydrogens (tertiary/aromatic N) is 4. The molecule has 2 unspecified atom stereocenters. The lowest BCUT2D eigenvalue weighted by molar-refractivity contribution is 0.307. The van der Waals surface area contributed by atoms with Gasteiger partial charge in [0.1, 0.15) is 0 Å². The Morgan fingerprint density at radius 1 is 0.943 bits per heavy atom. The fourth-order valence-electron chi connectivity index (χ4n) is 5.34. The van der Waals surface area contributed by atoms with Crippen molar-refractivity contribution in [2.45, 2.75) is 52.7 Å². The maximum atomic E-state index is 5.88. The number of aromatic nitrogens is 3. The third kappa shape index (κ3) is 4.23. The van der Waals surface area contributed by atoms with Crippen LogP contribution in [0, 0.1) is 20.8 Å². The van der Waals surface area contributed by atoms with Gasteiger partial charge in [-0.05, 0) is 86.4 Å². The van der Waals surface area contributed by atoms with Gasteiger partial charge in [-0.2, -0.15) is 0 Å². The molecule has 1 N–H and O–H groups in total. The molecular formula is C29H31N5S. The van der Waals surface area contributed by atoms with Gasteiger partial charge < -0.3 is 14.8 Å². The van der Waals surface area contributed by atoms with E-state index < -0.39 is 0 Å². The third-order valence-corrected chi connectivity index (χ3v) is 7.32. The molecule has 0 amide bonds. The topological polar surface area (TPSA) is 46.0 Å². The van der Waals surface area contributed by atoms with Crippen LogP contribution in [0.15, 0.2) is 73.1 Å². The first-order valence-electron chi connectivity index (χ1n) is 12.1. The van der Waals surface area contributed by atoms with E-state index in [2.05, 4.69) is 83.9 Å². The Labute approximate surface area is 212 Å². The summed E-state index contributed by atoms with van der Waals surface area (Å²) >= 11 is 5.88. The van der Waals surface area contributed by atoms with Gasteiger partial charge in [-0.3, -0.25) is 9.97 Å². The van der Waals surface area contributed by atoms with Crippen LogP contribution in [0.2, 0.25) is 0 Å². The van der Waals surface area contributed by atoms with Crippen LogP contribution in [-0.2, 0) is 13.0 Å². The number of hydrogen-bond acceptors (Lipinski definition) is 3. The van der Waals surface area contributed by atoms with E-state index in [-0.39, 0.29) is 12.1 Å². The average Bonchev–Trinajstić information content (AvgIpc) is 3.35. The molecule has 4 heterocycles. The number of thiocarbonyl (C=S) groups is 1. The molecule has 6 heteroatoms. The SMILES string of the molecule is CCc1cccc(C)c1-n1c(C)cc(C2C(c3ccccn3)NC(=S)N2Cc2ccccn2)c1C. The summed E-state index contributed by atoms with van der Waals surface area (Å²) in [5.41, 5.74) is 9.60. The lowest BCUT2D eigenvalue weighted by Crippen LogP contribution is -2.29. The number of aryl methyl sites for hydroxylation is 3. The first-order chi connectivity index (χ1) is 17.0. The van der Waals surface area contributed by atoms with Crippen molar-refractivity contribution in [3.8, 4) is 5.69 Å². The maximum absolute atomic E-state index is 5.88. The predicted molar refractivity (Wildman–Crippen MR) is 145 cm³/mol. The summed E-state index contributed by atoms with van der Waals surface area (Å²) in [7, 11) is 0. The van der Waals surface area contributed by atoms with Crippen LogP contribution >= 0.6 is 12.2 Å². The molecule has 1 aliphatic heterocycles. The Kier molecular flexibility index (Phi) is 6.39. The zero-order chi connectivity index (χ0) is 24.5. The molecule has 0 radical (unpaired) electrons. The van der Waals surface area contributed by atoms with E-state index in [0.29, 0.717) is 6.54 Å². The summed E-state index contributed by atoms with van der Waals surface area (Å²) in [5.74, 6) is 0. The third-order valence-electron chi connectivity index (χ3n) is 6.97. The van der Waals surface area contributed by atoms with Crippen LogP contribution < -0.4 is 5.32 Å². The van der Waals surface area contributed by atoms with E-state index in [1.165, 1.54) is 33.8 Å². The highest BCUT2D eigenvalue weighted by Gasteiger charge is 2.41. The van der Waals surface area contributed by atoms with Gasteiger partial charge in [0.2, 0.25) is 0 Å². The first-order valence-corrected chi connectivity index (χ1v) is 12.6. The zero-order valence-corrected chi connectivity index (χ0v) is 21.5. The Bertz CT molecular complexity index is 1350. The van der Waals surface area contributed by atoms with Crippen molar-refractivity contribution >= 4 is 17.3 Å². The van der Waals surface area contributed by atoms with Gasteiger partial charge in [0.05, 0.1) is 35.7 Å². The van der Waals surface area contributed by atoms with Crippen molar-refractivity contribution in [3.63, 3.8) is 0 Å². The highest BCUT2D eigenvalue weighted by Crippen LogP contribution is 2.42. The predicted octanol–water partition coefficient (Wildman–Crippen LogP) is 5.93. The van der Waals surface area contributed by atoms with Gasteiger partial charge in [-0.25, -0.2) is 0 Å². The van der Waals surface area contributed by atoms with Gasteiger partial charge in [0, 0.05) is 23.8 Å². The molecule has 0 saturated carbocycles. The quantitative estimate of drug-likeness (QED) is 0.346. The molecule has 1 saturated heterocycles. The summed E-state index contributed by atoms with van der Waals surface area (Å²) in [6.45, 7) is 9.47. The van der Waals surface area contributed by atoms with Crippen LogP contribution in [0.4, 0.5) is 0 Å². The number of benzene rings is 1. The molecule has 1 fully saturated rings. The molecule has 1 aliphatic rings. The fourth-order valence-corrected chi connectivity index (χ4v) is 5.64. The summed E-state index contributed by atoms with van der Waals surface area (Å²) in [4.78, 5) is 11.5. The summed E-state index contributed by atoms with van der Waals surface area (Å²) in [5, 5.41) is 4.30. The number of rotatable bonds is 6. The molecule has 0 spiro atoms. The van der Waals surface area contributed by atoms with E-state index in [0.717, 1.165) is 22.9 Å². The van der Waals surface area contributed by atoms with Gasteiger partial charge >= 0.3 is 0 Å². The smallest absolute Gasteiger partial charge is 0.170 e. The van der Waals surface area contributed by atoms with Gasteiger partial charge in [-0.1, -0.05) is 37.3 Å². The van der Waals surface area contributed by atoms with Gasteiger partial charge in [0.25, 0.3) is 0 Å². The van der Waals surface area contributed by atoms with Crippen molar-refractivity contribution in [2.75, 3.05) is 0 Å². The van der Waals surface area contributed by atoms with Crippen LogP contribution in [-0.4, -0.2) is 24.5 Å². The minimum absolute atomic E-state index is 0.00606. The average molecular weight is 482 g/mol. The second-order valence-corrected chi connectivity index (χ2v) is 9.56. The molecule has 2 atom stereocenters. The summed E-state index contributed by atoms with van der Waals surface area (Å²) in [6.07, 6.45) is 4.67. The van der Waals surface area contributed by atoms with E-state index in [1.807, 2.05) is 36.7 Å². The van der Waals surface area contributed by atoms with Crippen molar-refractivity contribution < 1.29 is 0 Å². The van der Waals surface area contributed by atoms with Gasteiger partial charge in [-0.15, -0.1) is 0 Å². The molecular weight excluding hydrogens is 450 g/mol. The summed E-state index contributed by atoms with van der Waals surface area (Å²) in [6, 6.07) is 20.9. The van der Waals surface area contributed by atoms with E-state index in [9.17, 15) is 0 Å². The number of para-hydroxylation sites is 1. The van der Waals surface area contributed by atoms with Crippen molar-refractivity contribution in [3.05, 3.63) is 113 Å². The van der Waals surface area contributed by atoms with Crippen LogP contribution in [0.3, 0.4) is 0 Å². The normalized spacial score (nSPS) is 17.6. The van der Waals surface area contributed by atoms with Crippen LogP contribution in [0.5, 0.6) is 0 Å². The van der Waals surface area contributed by atoms with Crippen LogP contribution in [0.25, 0.3) is 5.69 Å². The highest BCUT2D eigenvalue weighted by molar-refractivity contribution is 7.80. The molecule has 4 aromatic rings. The Balaban J connectivity index is 1.66. The highest BCUT2D eigenvalue weighted by atomic mass is 32.1. The molecule has 5 nitrogen and oxygen atoms in total. The second-order valence-electron chi connectivity index (χ2n) is 9.17. The van der Waals surface area contributed by atoms with E-state index >= 15 is 0 Å². The van der Waals surface area contributed by atoms with Crippen molar-refractivity contribution in [1.29, 1.82) is 0 Å². The summed E-state index contributed by atoms with van der Waals surface area (Å²) < 4.78 is 2.42. The Hall–Kier alpha value is -3.51. The van der Waals surface area contributed by atoms with E-state index in [1.54, 1.807) is 0 Å². The Morgan fingerprint density at radius 3 is 2.40 bits per heavy atom. The standard InChI is InChI=1S/C29H31N5S/c1-5-22-12-10-11-19(2)27(22)34-20(3)17-24(21(34)4)28-26(25-14-7-9-16-31-25)32-29(35)33(28)18-23-13-6-8-15-30-23/h6-17,26,28H,5,18H2,1-4H3,(H,32,35). The van der Waals surface area contributed by atoms with Crippen molar-refractivity contribution in [1.82, 2.24) is 24.8 Å². The number of nitrogens with one attached hydrogen (secondary N) is 1. The molecule has 5 rings (SSSR count). The van der Waals surface area contributed by atoms with Gasteiger partial charge in [0.15, 0.2) is 5.11 Å². The lowest BCUT2D eigenvalue weighted by atomic mass is 9.96. The minimum atomic E-state index is -0.0520. The second kappa shape index (κ2) is 9.62. The maximum Gasteiger partial charge on any atom is 0.170 e. The number of pyridine rings is 2. The first kappa shape index (κ1) is 23.2.